The quantitative estimate of drug-likeness (QED) is 0.714. The number of rotatable bonds is 7. The smallest absolute Gasteiger partial charge is 0.321 e. The summed E-state index contributed by atoms with van der Waals surface area (Å²) in [6.45, 7) is 5.13. The van der Waals surface area contributed by atoms with Crippen LogP contribution >= 0.6 is 0 Å². The summed E-state index contributed by atoms with van der Waals surface area (Å²) >= 11 is 0. The average molecular weight is 320 g/mol. The minimum Gasteiger partial charge on any atom is -0.480 e. The van der Waals surface area contributed by atoms with Crippen molar-refractivity contribution < 1.29 is 19.4 Å². The highest BCUT2D eigenvalue weighted by Crippen LogP contribution is 2.15. The molecular weight excluding hydrogens is 296 g/mol. The largest absolute Gasteiger partial charge is 0.480 e. The van der Waals surface area contributed by atoms with E-state index in [-0.39, 0.29) is 18.4 Å². The number of benzene rings is 1. The minimum atomic E-state index is -1.03. The highest BCUT2D eigenvalue weighted by molar-refractivity contribution is 5.94. The molecule has 1 aromatic rings. The maximum absolute atomic E-state index is 12.1. The van der Waals surface area contributed by atoms with Crippen LogP contribution in [0.3, 0.4) is 0 Å². The Kier molecular flexibility index (Phi) is 6.12. The number of hydrogen-bond acceptors (Lipinski definition) is 4. The fraction of sp³-hybridized carbons (Fsp3) is 0.529. The molecule has 1 fully saturated rings. The zero-order valence-electron chi connectivity index (χ0n) is 13.6. The maximum Gasteiger partial charge on any atom is 0.321 e. The van der Waals surface area contributed by atoms with Gasteiger partial charge in [0.15, 0.2) is 0 Å². The molecule has 3 N–H and O–H groups in total. The Morgan fingerprint density at radius 2 is 2.13 bits per heavy atom. The molecule has 0 radical (unpaired) electrons. The first-order valence-corrected chi connectivity index (χ1v) is 7.90. The zero-order valence-corrected chi connectivity index (χ0v) is 13.6. The highest BCUT2D eigenvalue weighted by Gasteiger charge is 2.23. The van der Waals surface area contributed by atoms with Crippen molar-refractivity contribution in [3.05, 3.63) is 29.3 Å². The first kappa shape index (κ1) is 17.4. The molecule has 6 heteroatoms. The van der Waals surface area contributed by atoms with Gasteiger partial charge in [-0.15, -0.1) is 0 Å². The first-order chi connectivity index (χ1) is 11.0. The molecule has 1 saturated heterocycles. The van der Waals surface area contributed by atoms with Gasteiger partial charge >= 0.3 is 5.97 Å². The van der Waals surface area contributed by atoms with Crippen molar-refractivity contribution in [2.75, 3.05) is 18.5 Å². The Morgan fingerprint density at radius 3 is 2.74 bits per heavy atom. The number of amides is 1. The fourth-order valence-electron chi connectivity index (χ4n) is 2.54. The van der Waals surface area contributed by atoms with Crippen molar-refractivity contribution in [2.45, 2.75) is 45.3 Å². The number of hydrogen-bond donors (Lipinski definition) is 3. The van der Waals surface area contributed by atoms with Crippen LogP contribution in [0.5, 0.6) is 0 Å². The normalized spacial score (nSPS) is 18.6. The Bertz CT molecular complexity index is 568. The molecule has 2 atom stereocenters. The van der Waals surface area contributed by atoms with E-state index in [9.17, 15) is 14.7 Å². The number of carboxylic acid groups (broad SMARTS) is 1. The first-order valence-electron chi connectivity index (χ1n) is 7.90. The van der Waals surface area contributed by atoms with Gasteiger partial charge in [0, 0.05) is 18.8 Å². The van der Waals surface area contributed by atoms with E-state index in [1.54, 1.807) is 0 Å². The van der Waals surface area contributed by atoms with Gasteiger partial charge < -0.3 is 20.5 Å². The molecule has 0 saturated carbocycles. The molecule has 1 aromatic carbocycles. The number of aryl methyl sites for hydroxylation is 2. The third kappa shape index (κ3) is 5.33. The van der Waals surface area contributed by atoms with Crippen molar-refractivity contribution in [3.8, 4) is 0 Å². The zero-order chi connectivity index (χ0) is 16.8. The molecule has 6 nitrogen and oxygen atoms in total. The van der Waals surface area contributed by atoms with E-state index in [4.69, 9.17) is 4.74 Å². The molecule has 2 rings (SSSR count). The third-order valence-electron chi connectivity index (χ3n) is 4.09. The summed E-state index contributed by atoms with van der Waals surface area (Å²) in [5.74, 6) is -1.35. The van der Waals surface area contributed by atoms with Gasteiger partial charge in [0.25, 0.3) is 0 Å². The van der Waals surface area contributed by atoms with Gasteiger partial charge in [-0.2, -0.15) is 0 Å². The molecular formula is C17H24N2O4. The molecule has 0 aliphatic carbocycles. The molecule has 1 heterocycles. The van der Waals surface area contributed by atoms with Crippen molar-refractivity contribution in [2.24, 2.45) is 0 Å². The Morgan fingerprint density at radius 1 is 1.35 bits per heavy atom. The summed E-state index contributed by atoms with van der Waals surface area (Å²) in [6, 6.07) is 4.71. The Balaban J connectivity index is 1.86. The summed E-state index contributed by atoms with van der Waals surface area (Å²) in [7, 11) is 0. The van der Waals surface area contributed by atoms with E-state index in [1.807, 2.05) is 32.0 Å². The van der Waals surface area contributed by atoms with Crippen LogP contribution in [0, 0.1) is 13.8 Å². The summed E-state index contributed by atoms with van der Waals surface area (Å²) < 4.78 is 5.45. The lowest BCUT2D eigenvalue weighted by Crippen LogP contribution is -2.43. The Labute approximate surface area is 136 Å². The molecule has 126 valence electrons. The molecule has 1 aliphatic rings. The van der Waals surface area contributed by atoms with Gasteiger partial charge in [-0.25, -0.2) is 0 Å². The van der Waals surface area contributed by atoms with Gasteiger partial charge in [0.1, 0.15) is 6.04 Å². The van der Waals surface area contributed by atoms with Gasteiger partial charge in [-0.3, -0.25) is 9.59 Å². The molecule has 0 unspecified atom stereocenters. The van der Waals surface area contributed by atoms with E-state index in [2.05, 4.69) is 10.6 Å². The van der Waals surface area contributed by atoms with Crippen molar-refractivity contribution in [3.63, 3.8) is 0 Å². The van der Waals surface area contributed by atoms with Gasteiger partial charge in [-0.05, 0) is 49.9 Å². The fourth-order valence-corrected chi connectivity index (χ4v) is 2.54. The molecule has 0 spiro atoms. The van der Waals surface area contributed by atoms with Crippen LogP contribution in [0.25, 0.3) is 0 Å². The maximum atomic E-state index is 12.1. The van der Waals surface area contributed by atoms with E-state index >= 15 is 0 Å². The topological polar surface area (TPSA) is 87.7 Å². The lowest BCUT2D eigenvalue weighted by molar-refractivity contribution is -0.141. The standard InChI is InChI=1S/C17H24N2O4/c1-11-5-6-13(8-12(11)2)19-16(20)9-15(17(21)22)18-10-14-4-3-7-23-14/h5-6,8,14-15,18H,3-4,7,9-10H2,1-2H3,(H,19,20)(H,21,22)/t14-,15-/m0/s1. The van der Waals surface area contributed by atoms with E-state index in [1.165, 1.54) is 0 Å². The van der Waals surface area contributed by atoms with Gasteiger partial charge in [0.05, 0.1) is 12.5 Å². The average Bonchev–Trinajstić information content (AvgIpc) is 3.00. The van der Waals surface area contributed by atoms with Crippen molar-refractivity contribution >= 4 is 17.6 Å². The number of carbonyl (C=O) groups is 2. The van der Waals surface area contributed by atoms with Crippen LogP contribution < -0.4 is 10.6 Å². The van der Waals surface area contributed by atoms with Crippen LogP contribution in [0.1, 0.15) is 30.4 Å². The van der Waals surface area contributed by atoms with Gasteiger partial charge in [0.2, 0.25) is 5.91 Å². The van der Waals surface area contributed by atoms with Crippen LogP contribution in [-0.2, 0) is 14.3 Å². The molecule has 0 aromatic heterocycles. The second-order valence-electron chi connectivity index (χ2n) is 5.99. The third-order valence-corrected chi connectivity index (χ3v) is 4.09. The van der Waals surface area contributed by atoms with Crippen molar-refractivity contribution in [1.82, 2.24) is 5.32 Å². The van der Waals surface area contributed by atoms with Crippen LogP contribution in [-0.4, -0.2) is 42.3 Å². The molecule has 0 bridgehead atoms. The van der Waals surface area contributed by atoms with Gasteiger partial charge in [-0.1, -0.05) is 6.07 Å². The number of carboxylic acids is 1. The lowest BCUT2D eigenvalue weighted by atomic mass is 10.1. The number of anilines is 1. The Hall–Kier alpha value is -1.92. The van der Waals surface area contributed by atoms with Crippen LogP contribution in [0.4, 0.5) is 5.69 Å². The number of carbonyl (C=O) groups excluding carboxylic acids is 1. The summed E-state index contributed by atoms with van der Waals surface area (Å²) in [5.41, 5.74) is 2.90. The lowest BCUT2D eigenvalue weighted by Gasteiger charge is -2.17. The van der Waals surface area contributed by atoms with Crippen molar-refractivity contribution in [1.29, 1.82) is 0 Å². The second-order valence-corrected chi connectivity index (χ2v) is 5.99. The monoisotopic (exact) mass is 320 g/mol. The SMILES string of the molecule is Cc1ccc(NC(=O)C[C@H](NC[C@@H]2CCCO2)C(=O)O)cc1C. The minimum absolute atomic E-state index is 0.0414. The van der Waals surface area contributed by atoms with Crippen LogP contribution in [0.2, 0.25) is 0 Å². The van der Waals surface area contributed by atoms with E-state index < -0.39 is 12.0 Å². The van der Waals surface area contributed by atoms with E-state index in [0.717, 1.165) is 30.6 Å². The van der Waals surface area contributed by atoms with E-state index in [0.29, 0.717) is 12.2 Å². The molecule has 1 aliphatic heterocycles. The number of nitrogens with one attached hydrogen (secondary N) is 2. The summed E-state index contributed by atoms with van der Waals surface area (Å²) in [5, 5.41) is 14.9. The molecule has 23 heavy (non-hydrogen) atoms. The highest BCUT2D eigenvalue weighted by atomic mass is 16.5. The molecule has 1 amide bonds. The predicted octanol–water partition coefficient (Wildman–Crippen LogP) is 1.85. The predicted molar refractivity (Wildman–Crippen MR) is 87.6 cm³/mol. The van der Waals surface area contributed by atoms with Crippen LogP contribution in [0.15, 0.2) is 18.2 Å². The number of aliphatic carboxylic acids is 1. The number of ether oxygens (including phenoxy) is 1. The summed E-state index contributed by atoms with van der Waals surface area (Å²) in [4.78, 5) is 23.4. The second kappa shape index (κ2) is 8.08. The summed E-state index contributed by atoms with van der Waals surface area (Å²) in [6.07, 6.45) is 1.85.